The summed E-state index contributed by atoms with van der Waals surface area (Å²) in [6.45, 7) is 2.42. The first-order valence-corrected chi connectivity index (χ1v) is 8.38. The molecule has 1 aliphatic rings. The van der Waals surface area contributed by atoms with Crippen molar-refractivity contribution in [1.29, 1.82) is 0 Å². The average Bonchev–Trinajstić information content (AvgIpc) is 2.73. The maximum Gasteiger partial charge on any atom is 0.257 e. The normalized spacial score (nSPS) is 19.4. The number of hydrogen-bond donors (Lipinski definition) is 1. The second kappa shape index (κ2) is 5.42. The fourth-order valence-electron chi connectivity index (χ4n) is 2.30. The lowest BCUT2D eigenvalue weighted by atomic mass is 10.1. The topological polar surface area (TPSA) is 80.5 Å². The van der Waals surface area contributed by atoms with Gasteiger partial charge in [-0.2, -0.15) is 0 Å². The van der Waals surface area contributed by atoms with E-state index in [2.05, 4.69) is 15.9 Å². The molecule has 1 fully saturated rings. The zero-order chi connectivity index (χ0) is 15.1. The molecule has 0 saturated carbocycles. The summed E-state index contributed by atoms with van der Waals surface area (Å²) in [5, 5.41) is 5.05. The third-order valence-corrected chi connectivity index (χ3v) is 5.24. The Morgan fingerprint density at radius 2 is 2.15 bits per heavy atom. The van der Waals surface area contributed by atoms with Crippen molar-refractivity contribution >= 4 is 31.9 Å². The zero-order valence-corrected chi connectivity index (χ0v) is 13.2. The van der Waals surface area contributed by atoms with Crippen molar-refractivity contribution in [3.63, 3.8) is 0 Å². The minimum absolute atomic E-state index is 0.00326. The van der Waals surface area contributed by atoms with Crippen molar-refractivity contribution in [2.24, 2.45) is 5.14 Å². The number of hydrogen-bond acceptors (Lipinski definition) is 3. The molecule has 0 aliphatic carbocycles. The van der Waals surface area contributed by atoms with E-state index in [0.29, 0.717) is 6.54 Å². The van der Waals surface area contributed by atoms with Crippen LogP contribution in [0.3, 0.4) is 0 Å². The Labute approximate surface area is 125 Å². The van der Waals surface area contributed by atoms with Crippen LogP contribution in [0.1, 0.15) is 30.1 Å². The molecule has 0 bridgehead atoms. The highest BCUT2D eigenvalue weighted by Crippen LogP contribution is 2.27. The fraction of sp³-hybridized carbons (Fsp3) is 0.417. The Balaban J connectivity index is 2.49. The summed E-state index contributed by atoms with van der Waals surface area (Å²) < 4.78 is 36.8. The number of nitrogens with zero attached hydrogens (tertiary/aromatic N) is 1. The van der Waals surface area contributed by atoms with Crippen molar-refractivity contribution in [1.82, 2.24) is 4.90 Å². The smallest absolute Gasteiger partial charge is 0.257 e. The van der Waals surface area contributed by atoms with Gasteiger partial charge in [-0.1, -0.05) is 0 Å². The molecule has 1 aliphatic heterocycles. The van der Waals surface area contributed by atoms with Crippen molar-refractivity contribution in [3.8, 4) is 0 Å². The third kappa shape index (κ3) is 2.87. The van der Waals surface area contributed by atoms with E-state index >= 15 is 0 Å². The Kier molecular flexibility index (Phi) is 4.17. The van der Waals surface area contributed by atoms with Gasteiger partial charge in [0.15, 0.2) is 0 Å². The van der Waals surface area contributed by atoms with Crippen LogP contribution in [0, 0.1) is 5.82 Å². The molecule has 1 saturated heterocycles. The summed E-state index contributed by atoms with van der Waals surface area (Å²) in [4.78, 5) is 13.5. The molecule has 1 aromatic rings. The molecule has 20 heavy (non-hydrogen) atoms. The van der Waals surface area contributed by atoms with Crippen LogP contribution in [0.5, 0.6) is 0 Å². The largest absolute Gasteiger partial charge is 0.336 e. The summed E-state index contributed by atoms with van der Waals surface area (Å²) in [6, 6.07) is 1.96. The van der Waals surface area contributed by atoms with Crippen molar-refractivity contribution < 1.29 is 17.6 Å². The Morgan fingerprint density at radius 1 is 1.50 bits per heavy atom. The highest BCUT2D eigenvalue weighted by atomic mass is 79.9. The Morgan fingerprint density at radius 3 is 2.65 bits per heavy atom. The van der Waals surface area contributed by atoms with Gasteiger partial charge in [-0.05, 0) is 47.8 Å². The van der Waals surface area contributed by atoms with Crippen molar-refractivity contribution in [2.75, 3.05) is 6.54 Å². The van der Waals surface area contributed by atoms with Crippen LogP contribution in [0.4, 0.5) is 4.39 Å². The van der Waals surface area contributed by atoms with E-state index in [1.54, 1.807) is 4.90 Å². The Hall–Kier alpha value is -0.990. The first kappa shape index (κ1) is 15.4. The number of primary sulfonamides is 1. The van der Waals surface area contributed by atoms with Gasteiger partial charge < -0.3 is 4.90 Å². The molecule has 8 heteroatoms. The molecule has 0 radical (unpaired) electrons. The molecule has 1 aromatic carbocycles. The average molecular weight is 365 g/mol. The van der Waals surface area contributed by atoms with E-state index in [0.717, 1.165) is 25.0 Å². The van der Waals surface area contributed by atoms with Crippen LogP contribution in [0.2, 0.25) is 0 Å². The van der Waals surface area contributed by atoms with E-state index in [9.17, 15) is 17.6 Å². The van der Waals surface area contributed by atoms with Crippen molar-refractivity contribution in [2.45, 2.75) is 30.7 Å². The van der Waals surface area contributed by atoms with Gasteiger partial charge in [-0.15, -0.1) is 0 Å². The predicted molar refractivity (Wildman–Crippen MR) is 75.2 cm³/mol. The first-order valence-electron chi connectivity index (χ1n) is 6.04. The number of nitrogens with two attached hydrogens (primary N) is 1. The van der Waals surface area contributed by atoms with Gasteiger partial charge in [0.1, 0.15) is 5.82 Å². The molecule has 110 valence electrons. The molecule has 0 spiro atoms. The quantitative estimate of drug-likeness (QED) is 0.869. The summed E-state index contributed by atoms with van der Waals surface area (Å²) in [6.07, 6.45) is 1.71. The molecular formula is C12H14BrFN2O3S. The minimum atomic E-state index is -4.03. The van der Waals surface area contributed by atoms with Gasteiger partial charge in [0, 0.05) is 17.1 Å². The molecule has 2 N–H and O–H groups in total. The number of amides is 1. The van der Waals surface area contributed by atoms with E-state index in [1.165, 1.54) is 0 Å². The molecule has 2 rings (SSSR count). The minimum Gasteiger partial charge on any atom is -0.336 e. The molecule has 1 amide bonds. The van der Waals surface area contributed by atoms with E-state index < -0.39 is 21.7 Å². The number of likely N-dealkylation sites (tertiary alicyclic amines) is 1. The third-order valence-electron chi connectivity index (χ3n) is 3.37. The summed E-state index contributed by atoms with van der Waals surface area (Å²) in [5.74, 6) is -1.28. The summed E-state index contributed by atoms with van der Waals surface area (Å²) in [5.41, 5.74) is -0.272. The molecule has 1 heterocycles. The number of carbonyl (C=O) groups excluding carboxylic acids is 1. The van der Waals surface area contributed by atoms with Crippen LogP contribution >= 0.6 is 15.9 Å². The number of benzene rings is 1. The lowest BCUT2D eigenvalue weighted by Gasteiger charge is -2.22. The van der Waals surface area contributed by atoms with Gasteiger partial charge in [-0.3, -0.25) is 4.79 Å². The predicted octanol–water partition coefficient (Wildman–Crippen LogP) is 1.86. The highest BCUT2D eigenvalue weighted by molar-refractivity contribution is 9.10. The van der Waals surface area contributed by atoms with Gasteiger partial charge in [0.2, 0.25) is 10.0 Å². The maximum absolute atomic E-state index is 13.9. The second-order valence-electron chi connectivity index (χ2n) is 4.80. The monoisotopic (exact) mass is 364 g/mol. The highest BCUT2D eigenvalue weighted by Gasteiger charge is 2.29. The maximum atomic E-state index is 13.9. The number of rotatable bonds is 2. The van der Waals surface area contributed by atoms with Crippen LogP contribution in [0.15, 0.2) is 21.5 Å². The van der Waals surface area contributed by atoms with Gasteiger partial charge in [-0.25, -0.2) is 17.9 Å². The standard InChI is InChI=1S/C12H14BrFN2O3S/c1-7-3-2-4-16(7)12(17)8-5-11(20(15,18)19)9(13)6-10(8)14/h5-7H,2-4H2,1H3,(H2,15,18,19). The summed E-state index contributed by atoms with van der Waals surface area (Å²) >= 11 is 2.94. The van der Waals surface area contributed by atoms with Gasteiger partial charge in [0.25, 0.3) is 5.91 Å². The van der Waals surface area contributed by atoms with E-state index in [-0.39, 0.29) is 21.0 Å². The van der Waals surface area contributed by atoms with Crippen LogP contribution in [0.25, 0.3) is 0 Å². The zero-order valence-electron chi connectivity index (χ0n) is 10.8. The van der Waals surface area contributed by atoms with Crippen LogP contribution in [-0.2, 0) is 10.0 Å². The molecule has 1 unspecified atom stereocenters. The van der Waals surface area contributed by atoms with Gasteiger partial charge >= 0.3 is 0 Å². The number of halogens is 2. The van der Waals surface area contributed by atoms with Crippen LogP contribution < -0.4 is 5.14 Å². The lowest BCUT2D eigenvalue weighted by Crippen LogP contribution is -2.34. The first-order chi connectivity index (χ1) is 9.21. The van der Waals surface area contributed by atoms with E-state index in [1.807, 2.05) is 6.92 Å². The lowest BCUT2D eigenvalue weighted by molar-refractivity contribution is 0.0742. The molecule has 5 nitrogen and oxygen atoms in total. The number of sulfonamides is 1. The van der Waals surface area contributed by atoms with Gasteiger partial charge in [0.05, 0.1) is 10.5 Å². The summed E-state index contributed by atoms with van der Waals surface area (Å²) in [7, 11) is -4.03. The Bertz CT molecular complexity index is 663. The molecule has 1 atom stereocenters. The van der Waals surface area contributed by atoms with Crippen molar-refractivity contribution in [3.05, 3.63) is 28.0 Å². The molecular weight excluding hydrogens is 351 g/mol. The SMILES string of the molecule is CC1CCCN1C(=O)c1cc(S(N)(=O)=O)c(Br)cc1F. The van der Waals surface area contributed by atoms with Crippen LogP contribution in [-0.4, -0.2) is 31.8 Å². The second-order valence-corrected chi connectivity index (χ2v) is 7.18. The molecule has 0 aromatic heterocycles. The fourth-order valence-corrected chi connectivity index (χ4v) is 3.91. The number of carbonyl (C=O) groups is 1. The van der Waals surface area contributed by atoms with E-state index in [4.69, 9.17) is 5.14 Å².